The molecular formula is C58H66N4O7S2. The first-order valence-corrected chi connectivity index (χ1v) is 28.9. The highest BCUT2D eigenvalue weighted by Crippen LogP contribution is 2.71. The number of fused-ring (bicyclic) bond motifs is 1. The fourth-order valence-corrected chi connectivity index (χ4v) is 18.6. The number of hydrogen-bond acceptors (Lipinski definition) is 11. The molecule has 0 amide bonds. The van der Waals surface area contributed by atoms with Crippen molar-refractivity contribution >= 4 is 38.3 Å². The molecule has 2 aromatic heterocycles. The molecule has 15 rings (SSSR count). The van der Waals surface area contributed by atoms with E-state index in [-0.39, 0.29) is 59.6 Å². The number of benzene rings is 2. The minimum Gasteiger partial charge on any atom is -0.508 e. The molecule has 4 aromatic rings. The molecule has 0 saturated heterocycles. The molecule has 13 heteroatoms. The first-order valence-electron chi connectivity index (χ1n) is 26.5. The van der Waals surface area contributed by atoms with Gasteiger partial charge in [0.1, 0.15) is 23.7 Å². The minimum atomic E-state index is -1.09. The summed E-state index contributed by atoms with van der Waals surface area (Å²) in [6.07, 6.45) is 23.5. The van der Waals surface area contributed by atoms with Crippen LogP contribution in [0.5, 0.6) is 17.2 Å². The van der Waals surface area contributed by atoms with Gasteiger partial charge in [0.05, 0.1) is 35.2 Å². The molecule has 3 fully saturated rings. The molecule has 10 bridgehead atoms. The van der Waals surface area contributed by atoms with Crippen LogP contribution in [0.25, 0.3) is 10.9 Å². The van der Waals surface area contributed by atoms with Crippen LogP contribution in [-0.2, 0) is 22.4 Å². The van der Waals surface area contributed by atoms with Crippen molar-refractivity contribution in [2.75, 3.05) is 12.3 Å². The second-order valence-electron chi connectivity index (χ2n) is 23.4. The van der Waals surface area contributed by atoms with E-state index in [2.05, 4.69) is 69.5 Å². The fraction of sp³-hybridized carbons (Fsp3) is 0.569. The van der Waals surface area contributed by atoms with Gasteiger partial charge in [-0.05, 0) is 109 Å². The smallest absolute Gasteiger partial charge is 0.191 e. The number of nitrogens with one attached hydrogen (secondary N) is 2. The molecule has 5 aliphatic carbocycles. The number of nitrogens with zero attached hydrogens (tertiary/aromatic N) is 1. The summed E-state index contributed by atoms with van der Waals surface area (Å²) < 4.78 is 16.2. The highest BCUT2D eigenvalue weighted by atomic mass is 33.1. The molecule has 11 nitrogen and oxygen atoms in total. The predicted octanol–water partition coefficient (Wildman–Crippen LogP) is 9.62. The van der Waals surface area contributed by atoms with E-state index in [0.717, 1.165) is 78.3 Å². The average molecular weight is 995 g/mol. The molecule has 0 radical (unpaired) electrons. The van der Waals surface area contributed by atoms with Gasteiger partial charge in [0.25, 0.3) is 0 Å². The number of allylic oxidation sites excluding steroid dienone is 1. The Bertz CT molecular complexity index is 2980. The molecule has 8 heterocycles. The molecule has 372 valence electrons. The number of Topliss-reactive ketones (excluding diaryl/α,β-unsaturated/α-hetero) is 1. The van der Waals surface area contributed by atoms with Gasteiger partial charge in [0, 0.05) is 89.3 Å². The van der Waals surface area contributed by atoms with E-state index in [9.17, 15) is 25.2 Å². The van der Waals surface area contributed by atoms with Gasteiger partial charge in [-0.1, -0.05) is 96.2 Å². The van der Waals surface area contributed by atoms with Gasteiger partial charge in [-0.15, -0.1) is 0 Å². The van der Waals surface area contributed by atoms with E-state index in [1.165, 1.54) is 48.8 Å². The van der Waals surface area contributed by atoms with Crippen LogP contribution in [0.2, 0.25) is 0 Å². The zero-order chi connectivity index (χ0) is 48.4. The molecule has 3 saturated carbocycles. The highest BCUT2D eigenvalue weighted by Gasteiger charge is 2.62. The molecule has 4 spiro atoms. The van der Waals surface area contributed by atoms with Gasteiger partial charge >= 0.3 is 0 Å². The Labute approximate surface area is 424 Å². The second kappa shape index (κ2) is 17.4. The molecule has 0 unspecified atom stereocenters. The fourth-order valence-electron chi connectivity index (χ4n) is 15.9. The third kappa shape index (κ3) is 7.48. The number of H-pyrrole nitrogens is 1. The van der Waals surface area contributed by atoms with Crippen LogP contribution in [0.15, 0.2) is 48.9 Å². The van der Waals surface area contributed by atoms with Crippen molar-refractivity contribution in [3.8, 4) is 41.1 Å². The first kappa shape index (κ1) is 46.5. The van der Waals surface area contributed by atoms with E-state index < -0.39 is 41.8 Å². The maximum absolute atomic E-state index is 13.8. The zero-order valence-electron chi connectivity index (χ0n) is 40.6. The summed E-state index contributed by atoms with van der Waals surface area (Å²) in [6, 6.07) is 5.88. The third-order valence-corrected chi connectivity index (χ3v) is 21.6. The molecule has 71 heavy (non-hydrogen) atoms. The van der Waals surface area contributed by atoms with Crippen molar-refractivity contribution in [2.24, 2.45) is 39.7 Å². The van der Waals surface area contributed by atoms with Gasteiger partial charge in [-0.3, -0.25) is 10.1 Å². The van der Waals surface area contributed by atoms with E-state index in [1.807, 2.05) is 29.9 Å². The van der Waals surface area contributed by atoms with Crippen molar-refractivity contribution < 1.29 is 34.7 Å². The quantitative estimate of drug-likeness (QED) is 0.0557. The largest absolute Gasteiger partial charge is 0.508 e. The van der Waals surface area contributed by atoms with Gasteiger partial charge in [-0.2, -0.15) is 0 Å². The number of phenolic OH excluding ortho intramolecular Hbond substituents is 1. The summed E-state index contributed by atoms with van der Waals surface area (Å²) in [5.74, 6) is 11.9. The van der Waals surface area contributed by atoms with Crippen LogP contribution in [0, 0.1) is 57.9 Å². The number of aromatic nitrogens is 2. The summed E-state index contributed by atoms with van der Waals surface area (Å²) in [5, 5.41) is 52.0. The number of carbonyl (C=O) groups is 1. The number of aromatic amines is 1. The number of aromatic hydroxyl groups is 1. The minimum absolute atomic E-state index is 0.00385. The lowest BCUT2D eigenvalue weighted by Gasteiger charge is -2.56. The van der Waals surface area contributed by atoms with Crippen LogP contribution in [0.1, 0.15) is 167 Å². The topological polar surface area (TPSA) is 175 Å². The number of hydrogen-bond donors (Lipinski definition) is 7. The van der Waals surface area contributed by atoms with Crippen LogP contribution in [0.3, 0.4) is 0 Å². The monoisotopic (exact) mass is 994 g/mol. The Morgan fingerprint density at radius 1 is 1.00 bits per heavy atom. The normalized spacial score (nSPS) is 33.9. The number of ketones is 1. The average Bonchev–Trinajstić information content (AvgIpc) is 4.21. The standard InChI is InChI=1S/C58H66N4O7S2/c1-33-6-8-36(45(65)22-33)46(66)23-34(63)7-9-35-41-28-70-71-32-58-30-57(19-18-55(29-57)14-2-3-15-55)51-39-25-60-43-27-62(26-40(39)43)54-42(12-13-44(64)37-10-11-38(50(58)49(37)51)53(59)61-31-58)56(16-4-5-17-56)20-21-68-48(24-47(35)67)52(41)69-54/h6,8,10-11,24-27,33,36,42,44-46,51,53-54,60-61,64-67H,2-5,7,9,14-19,22-23,28-32,59H2,1H3/t33-,36-,42-,44+,45-,46+,51-,53-,54-,57+,58-/m1/s1. The summed E-state index contributed by atoms with van der Waals surface area (Å²) >= 11 is 0. The number of aliphatic hydroxyl groups excluding tert-OH is 3. The van der Waals surface area contributed by atoms with E-state index in [1.54, 1.807) is 16.9 Å². The number of nitrogens with two attached hydrogens (primary N) is 1. The molecule has 11 atom stereocenters. The van der Waals surface area contributed by atoms with Crippen molar-refractivity contribution in [1.82, 2.24) is 14.9 Å². The van der Waals surface area contributed by atoms with Crippen molar-refractivity contribution in [2.45, 2.75) is 157 Å². The third-order valence-electron chi connectivity index (χ3n) is 19.2. The van der Waals surface area contributed by atoms with Gasteiger partial charge in [0.15, 0.2) is 17.7 Å². The molecule has 2 aromatic carbocycles. The van der Waals surface area contributed by atoms with Gasteiger partial charge < -0.3 is 45.2 Å². The zero-order valence-corrected chi connectivity index (χ0v) is 42.2. The summed E-state index contributed by atoms with van der Waals surface area (Å²) in [5.41, 5.74) is 14.5. The van der Waals surface area contributed by atoms with Crippen LogP contribution in [-0.4, -0.2) is 60.3 Å². The lowest BCUT2D eigenvalue weighted by atomic mass is 9.50. The molecule has 8 N–H and O–H groups in total. The number of carbonyl (C=O) groups excluding carboxylic acids is 1. The maximum atomic E-state index is 13.8. The van der Waals surface area contributed by atoms with E-state index >= 15 is 0 Å². The Balaban J connectivity index is 1.01. The van der Waals surface area contributed by atoms with Gasteiger partial charge in [-0.25, -0.2) is 0 Å². The van der Waals surface area contributed by atoms with Crippen LogP contribution >= 0.6 is 21.6 Å². The Morgan fingerprint density at radius 2 is 1.82 bits per heavy atom. The summed E-state index contributed by atoms with van der Waals surface area (Å²) in [6.45, 7) is 2.74. The summed E-state index contributed by atoms with van der Waals surface area (Å²) in [4.78, 5) is 17.6. The number of aliphatic hydroxyl groups is 3. The Kier molecular flexibility index (Phi) is 11.4. The van der Waals surface area contributed by atoms with Crippen molar-refractivity contribution in [1.29, 1.82) is 0 Å². The van der Waals surface area contributed by atoms with Crippen molar-refractivity contribution in [3.05, 3.63) is 87.9 Å². The maximum Gasteiger partial charge on any atom is 0.191 e. The number of ether oxygens (including phenoxy) is 2. The Hall–Kier alpha value is -4.31. The first-order chi connectivity index (χ1) is 34.4. The molecule has 11 aliphatic rings. The summed E-state index contributed by atoms with van der Waals surface area (Å²) in [7, 11) is 3.56. The second-order valence-corrected chi connectivity index (χ2v) is 25.9. The van der Waals surface area contributed by atoms with E-state index in [4.69, 9.17) is 15.2 Å². The van der Waals surface area contributed by atoms with Crippen LogP contribution < -0.4 is 20.5 Å². The Morgan fingerprint density at radius 3 is 2.65 bits per heavy atom. The number of phenols is 1. The van der Waals surface area contributed by atoms with Crippen molar-refractivity contribution in [3.63, 3.8) is 0 Å². The highest BCUT2D eigenvalue weighted by molar-refractivity contribution is 8.76. The predicted molar refractivity (Wildman–Crippen MR) is 276 cm³/mol. The van der Waals surface area contributed by atoms with E-state index in [0.29, 0.717) is 41.2 Å². The SMILES string of the molecule is C[C@@H]1C=C[C@@H]([C@@H](O)CC(=O)CCc2c(O)cc3c4c2CSSC[C@@]25CN[C@@H](N)c6ccc7c(c62)[C@@H](c2c[nH]c6cn(cc26)[C@H](O4)[C@@H](C#C[C@@H]7O)C2(C#CO3)CCCC2)[C@]2(CCC3(CCCC3)C2)C5)[C@H](O)C1. The number of rotatable bonds is 6. The van der Waals surface area contributed by atoms with Crippen LogP contribution in [0.4, 0.5) is 0 Å². The lowest BCUT2D eigenvalue weighted by molar-refractivity contribution is -0.122. The molecular weight excluding hydrogens is 929 g/mol. The lowest BCUT2D eigenvalue weighted by Crippen LogP contribution is -2.56. The molecule has 6 aliphatic heterocycles. The van der Waals surface area contributed by atoms with Gasteiger partial charge in [0.2, 0.25) is 0 Å².